The van der Waals surface area contributed by atoms with Gasteiger partial charge in [0.1, 0.15) is 5.69 Å². The van der Waals surface area contributed by atoms with E-state index < -0.39 is 16.0 Å². The van der Waals surface area contributed by atoms with Gasteiger partial charge in [0, 0.05) is 22.2 Å². The molecular formula is C28H30N2O4S. The van der Waals surface area contributed by atoms with E-state index in [4.69, 9.17) is 4.74 Å². The van der Waals surface area contributed by atoms with E-state index in [0.29, 0.717) is 22.5 Å². The molecule has 0 fully saturated rings. The largest absolute Gasteiger partial charge is 0.461 e. The lowest BCUT2D eigenvalue weighted by atomic mass is 9.87. The predicted octanol–water partition coefficient (Wildman–Crippen LogP) is 6.42. The number of carbonyl (C=O) groups is 1. The van der Waals surface area contributed by atoms with E-state index in [2.05, 4.69) is 30.5 Å². The fourth-order valence-corrected chi connectivity index (χ4v) is 5.03. The first-order valence-electron chi connectivity index (χ1n) is 11.5. The van der Waals surface area contributed by atoms with Crippen LogP contribution in [0.25, 0.3) is 22.0 Å². The number of benzene rings is 3. The zero-order valence-electron chi connectivity index (χ0n) is 20.6. The lowest BCUT2D eigenvalue weighted by Crippen LogP contribution is -2.14. The van der Waals surface area contributed by atoms with E-state index in [0.717, 1.165) is 22.1 Å². The van der Waals surface area contributed by atoms with Gasteiger partial charge >= 0.3 is 5.97 Å². The molecule has 0 amide bonds. The van der Waals surface area contributed by atoms with E-state index in [1.165, 1.54) is 0 Å². The van der Waals surface area contributed by atoms with E-state index in [9.17, 15) is 13.2 Å². The van der Waals surface area contributed by atoms with Gasteiger partial charge in [-0.3, -0.25) is 4.72 Å². The molecule has 0 spiro atoms. The molecule has 3 aromatic carbocycles. The Labute approximate surface area is 206 Å². The van der Waals surface area contributed by atoms with Crippen LogP contribution < -0.4 is 4.72 Å². The van der Waals surface area contributed by atoms with Crippen LogP contribution in [-0.4, -0.2) is 26.0 Å². The topological polar surface area (TPSA) is 88.3 Å². The number of anilines is 1. The van der Waals surface area contributed by atoms with Crippen LogP contribution in [0.1, 0.15) is 49.3 Å². The highest BCUT2D eigenvalue weighted by Crippen LogP contribution is 2.35. The number of esters is 1. The summed E-state index contributed by atoms with van der Waals surface area (Å²) < 4.78 is 34.1. The summed E-state index contributed by atoms with van der Waals surface area (Å²) in [5.74, 6) is -0.458. The molecule has 7 heteroatoms. The molecule has 0 saturated heterocycles. The van der Waals surface area contributed by atoms with Gasteiger partial charge in [0.25, 0.3) is 10.0 Å². The molecule has 4 rings (SSSR count). The SMILES string of the molecule is CCOC(=O)c1[nH]c2ccc(NS(=O)(=O)c3ccc(C(C)(C)C)cc3)cc2c1-c1ccc(C)cc1. The Morgan fingerprint density at radius 2 is 1.63 bits per heavy atom. The maximum Gasteiger partial charge on any atom is 0.355 e. The molecule has 0 aliphatic rings. The quantitative estimate of drug-likeness (QED) is 0.305. The maximum absolute atomic E-state index is 13.1. The third kappa shape index (κ3) is 5.10. The molecular weight excluding hydrogens is 460 g/mol. The van der Waals surface area contributed by atoms with Crippen LogP contribution in [0.4, 0.5) is 5.69 Å². The summed E-state index contributed by atoms with van der Waals surface area (Å²) in [6.07, 6.45) is 0. The summed E-state index contributed by atoms with van der Waals surface area (Å²) in [5, 5.41) is 0.722. The third-order valence-electron chi connectivity index (χ3n) is 5.90. The molecule has 0 unspecified atom stereocenters. The highest BCUT2D eigenvalue weighted by Gasteiger charge is 2.22. The van der Waals surface area contributed by atoms with Gasteiger partial charge in [-0.2, -0.15) is 0 Å². The molecule has 0 saturated carbocycles. The number of aryl methyl sites for hydroxylation is 1. The van der Waals surface area contributed by atoms with Crippen molar-refractivity contribution in [1.29, 1.82) is 0 Å². The zero-order chi connectivity index (χ0) is 25.4. The van der Waals surface area contributed by atoms with E-state index in [-0.39, 0.29) is 16.9 Å². The van der Waals surface area contributed by atoms with Crippen molar-refractivity contribution in [3.63, 3.8) is 0 Å². The number of carbonyl (C=O) groups excluding carboxylic acids is 1. The standard InChI is InChI=1S/C28H30N2O4S/c1-6-34-27(31)26-25(19-9-7-18(2)8-10-19)23-17-21(13-16-24(23)29-26)30-35(32,33)22-14-11-20(12-15-22)28(3,4)5/h7-17,29-30H,6H2,1-5H3. The molecule has 0 aliphatic heterocycles. The molecule has 4 aromatic rings. The Bertz CT molecular complexity index is 1480. The molecule has 0 bridgehead atoms. The summed E-state index contributed by atoms with van der Waals surface area (Å²) in [6.45, 7) is 10.2. The van der Waals surface area contributed by atoms with E-state index >= 15 is 0 Å². The van der Waals surface area contributed by atoms with Crippen LogP contribution >= 0.6 is 0 Å². The third-order valence-corrected chi connectivity index (χ3v) is 7.30. The molecule has 35 heavy (non-hydrogen) atoms. The average Bonchev–Trinajstić information content (AvgIpc) is 3.18. The summed E-state index contributed by atoms with van der Waals surface area (Å²) in [5.41, 5.74) is 5.04. The predicted molar refractivity (Wildman–Crippen MR) is 140 cm³/mol. The van der Waals surface area contributed by atoms with E-state index in [1.54, 1.807) is 37.3 Å². The smallest absolute Gasteiger partial charge is 0.355 e. The summed E-state index contributed by atoms with van der Waals surface area (Å²) in [7, 11) is -3.80. The van der Waals surface area contributed by atoms with Gasteiger partial charge in [-0.1, -0.05) is 62.7 Å². The number of hydrogen-bond donors (Lipinski definition) is 2. The Hall–Kier alpha value is -3.58. The minimum atomic E-state index is -3.80. The Morgan fingerprint density at radius 3 is 2.23 bits per heavy atom. The maximum atomic E-state index is 13.1. The number of aromatic amines is 1. The molecule has 0 radical (unpaired) electrons. The van der Waals surface area contributed by atoms with Gasteiger partial charge in [-0.05, 0) is 60.7 Å². The minimum absolute atomic E-state index is 0.0714. The Kier molecular flexibility index (Phi) is 6.47. The highest BCUT2D eigenvalue weighted by molar-refractivity contribution is 7.92. The Balaban J connectivity index is 1.76. The van der Waals surface area contributed by atoms with Gasteiger partial charge in [0.05, 0.1) is 11.5 Å². The molecule has 0 atom stereocenters. The molecule has 2 N–H and O–H groups in total. The van der Waals surface area contributed by atoms with Crippen molar-refractivity contribution in [2.24, 2.45) is 0 Å². The van der Waals surface area contributed by atoms with Crippen molar-refractivity contribution in [2.45, 2.75) is 44.9 Å². The number of hydrogen-bond acceptors (Lipinski definition) is 4. The van der Waals surface area contributed by atoms with Crippen LogP contribution in [-0.2, 0) is 20.2 Å². The number of aromatic nitrogens is 1. The molecule has 1 heterocycles. The fourth-order valence-electron chi connectivity index (χ4n) is 3.98. The molecule has 1 aromatic heterocycles. The molecule has 6 nitrogen and oxygen atoms in total. The van der Waals surface area contributed by atoms with Gasteiger partial charge in [-0.15, -0.1) is 0 Å². The lowest BCUT2D eigenvalue weighted by Gasteiger charge is -2.19. The average molecular weight is 491 g/mol. The number of nitrogens with one attached hydrogen (secondary N) is 2. The van der Waals surface area contributed by atoms with Gasteiger partial charge in [0.15, 0.2) is 0 Å². The first-order chi connectivity index (χ1) is 16.5. The second-order valence-corrected chi connectivity index (χ2v) is 11.3. The zero-order valence-corrected chi connectivity index (χ0v) is 21.4. The van der Waals surface area contributed by atoms with Crippen molar-refractivity contribution in [3.8, 4) is 11.1 Å². The van der Waals surface area contributed by atoms with Crippen LogP contribution in [0.5, 0.6) is 0 Å². The minimum Gasteiger partial charge on any atom is -0.461 e. The number of sulfonamides is 1. The number of H-pyrrole nitrogens is 1. The second-order valence-electron chi connectivity index (χ2n) is 9.60. The monoisotopic (exact) mass is 490 g/mol. The lowest BCUT2D eigenvalue weighted by molar-refractivity contribution is 0.0521. The number of ether oxygens (including phenoxy) is 1. The van der Waals surface area contributed by atoms with Gasteiger partial charge in [-0.25, -0.2) is 13.2 Å². The van der Waals surface area contributed by atoms with Crippen LogP contribution in [0.15, 0.2) is 71.6 Å². The van der Waals surface area contributed by atoms with Crippen molar-refractivity contribution < 1.29 is 17.9 Å². The fraction of sp³-hybridized carbons (Fsp3) is 0.250. The number of fused-ring (bicyclic) bond motifs is 1. The summed E-state index contributed by atoms with van der Waals surface area (Å²) >= 11 is 0. The highest BCUT2D eigenvalue weighted by atomic mass is 32.2. The van der Waals surface area contributed by atoms with Gasteiger partial charge in [0.2, 0.25) is 0 Å². The van der Waals surface area contributed by atoms with Crippen molar-refractivity contribution in [2.75, 3.05) is 11.3 Å². The Morgan fingerprint density at radius 1 is 0.971 bits per heavy atom. The van der Waals surface area contributed by atoms with Crippen molar-refractivity contribution >= 4 is 32.6 Å². The van der Waals surface area contributed by atoms with Crippen LogP contribution in [0.2, 0.25) is 0 Å². The van der Waals surface area contributed by atoms with Crippen LogP contribution in [0, 0.1) is 6.92 Å². The first-order valence-corrected chi connectivity index (χ1v) is 13.0. The first kappa shape index (κ1) is 24.5. The molecule has 182 valence electrons. The van der Waals surface area contributed by atoms with Crippen molar-refractivity contribution in [3.05, 3.63) is 83.6 Å². The summed E-state index contributed by atoms with van der Waals surface area (Å²) in [6, 6.07) is 19.9. The second kappa shape index (κ2) is 9.23. The van der Waals surface area contributed by atoms with Crippen molar-refractivity contribution in [1.82, 2.24) is 4.98 Å². The van der Waals surface area contributed by atoms with Gasteiger partial charge < -0.3 is 9.72 Å². The normalized spacial score (nSPS) is 12.0. The summed E-state index contributed by atoms with van der Waals surface area (Å²) in [4.78, 5) is 16.0. The van der Waals surface area contributed by atoms with E-state index in [1.807, 2.05) is 43.3 Å². The molecule has 0 aliphatic carbocycles. The van der Waals surface area contributed by atoms with Crippen LogP contribution in [0.3, 0.4) is 0 Å². The number of rotatable bonds is 6.